The molecule has 0 aromatic rings. The first-order valence-corrected chi connectivity index (χ1v) is 10.1. The Balaban J connectivity index is 2.04. The normalized spacial score (nSPS) is 35.8. The molecule has 0 saturated heterocycles. The summed E-state index contributed by atoms with van der Waals surface area (Å²) >= 11 is 0. The first-order valence-electron chi connectivity index (χ1n) is 7.23. The van der Waals surface area contributed by atoms with Crippen molar-refractivity contribution in [3.8, 4) is 0 Å². The van der Waals surface area contributed by atoms with Crippen molar-refractivity contribution in [1.82, 2.24) is 0 Å². The average Bonchev–Trinajstić information content (AvgIpc) is 2.78. The molecule has 102 valence electrons. The van der Waals surface area contributed by atoms with E-state index in [0.717, 1.165) is 5.92 Å². The molecule has 0 N–H and O–H groups in total. The van der Waals surface area contributed by atoms with Gasteiger partial charge in [0.25, 0.3) is 0 Å². The summed E-state index contributed by atoms with van der Waals surface area (Å²) in [7, 11) is -1.64. The van der Waals surface area contributed by atoms with Crippen molar-refractivity contribution >= 4 is 8.32 Å². The smallest absolute Gasteiger partial charge is 0.192 e. The summed E-state index contributed by atoms with van der Waals surface area (Å²) < 4.78 is 6.59. The predicted octanol–water partition coefficient (Wildman–Crippen LogP) is 4.78. The summed E-state index contributed by atoms with van der Waals surface area (Å²) in [5.74, 6) is 2.15. The van der Waals surface area contributed by atoms with Crippen LogP contribution in [0.1, 0.15) is 33.6 Å². The van der Waals surface area contributed by atoms with Gasteiger partial charge in [-0.25, -0.2) is 0 Å². The highest BCUT2D eigenvalue weighted by Gasteiger charge is 2.45. The molecular formula is C16H28OSi. The molecule has 0 spiro atoms. The maximum Gasteiger partial charge on any atom is 0.192 e. The van der Waals surface area contributed by atoms with Gasteiger partial charge in [-0.15, -0.1) is 6.58 Å². The van der Waals surface area contributed by atoms with Crippen LogP contribution in [-0.4, -0.2) is 14.4 Å². The summed E-state index contributed by atoms with van der Waals surface area (Å²) in [5, 5.41) is 0.301. The van der Waals surface area contributed by atoms with Gasteiger partial charge in [-0.05, 0) is 48.7 Å². The Morgan fingerprint density at radius 2 is 1.89 bits per heavy atom. The number of fused-ring (bicyclic) bond motifs is 1. The lowest BCUT2D eigenvalue weighted by molar-refractivity contribution is 0.159. The van der Waals surface area contributed by atoms with Gasteiger partial charge in [0.1, 0.15) is 0 Å². The van der Waals surface area contributed by atoms with E-state index in [1.165, 1.54) is 12.8 Å². The van der Waals surface area contributed by atoms with E-state index in [2.05, 4.69) is 58.7 Å². The monoisotopic (exact) mass is 264 g/mol. The second-order valence-electron chi connectivity index (χ2n) is 7.52. The van der Waals surface area contributed by atoms with Crippen molar-refractivity contribution in [3.63, 3.8) is 0 Å². The number of hydrogen-bond acceptors (Lipinski definition) is 1. The SMILES string of the molecule is C=C[C@@H]1C[C@H]2[C@H](C=C[C@@H]2O[Si](C)(C)C(C)(C)C)C1. The molecule has 0 aromatic heterocycles. The van der Waals surface area contributed by atoms with E-state index in [0.29, 0.717) is 23.0 Å². The van der Waals surface area contributed by atoms with E-state index < -0.39 is 8.32 Å². The van der Waals surface area contributed by atoms with Gasteiger partial charge in [-0.2, -0.15) is 0 Å². The maximum atomic E-state index is 6.59. The lowest BCUT2D eigenvalue weighted by Gasteiger charge is -2.39. The fraction of sp³-hybridized carbons (Fsp3) is 0.750. The highest BCUT2D eigenvalue weighted by atomic mass is 28.4. The Labute approximate surface area is 113 Å². The lowest BCUT2D eigenvalue weighted by Crippen LogP contribution is -2.44. The third kappa shape index (κ3) is 2.50. The quantitative estimate of drug-likeness (QED) is 0.527. The third-order valence-electron chi connectivity index (χ3n) is 5.24. The molecule has 0 aromatic carbocycles. The molecule has 2 aliphatic carbocycles. The summed E-state index contributed by atoms with van der Waals surface area (Å²) in [5.41, 5.74) is 0. The minimum absolute atomic E-state index is 0.301. The Morgan fingerprint density at radius 3 is 2.44 bits per heavy atom. The van der Waals surface area contributed by atoms with Crippen molar-refractivity contribution in [2.75, 3.05) is 0 Å². The molecule has 2 rings (SSSR count). The van der Waals surface area contributed by atoms with E-state index in [1.807, 2.05) is 0 Å². The molecule has 18 heavy (non-hydrogen) atoms. The Kier molecular flexibility index (Phi) is 3.63. The van der Waals surface area contributed by atoms with Crippen LogP contribution in [0.5, 0.6) is 0 Å². The molecule has 1 nitrogen and oxygen atoms in total. The maximum absolute atomic E-state index is 6.59. The molecule has 0 amide bonds. The Bertz CT molecular complexity index is 351. The van der Waals surface area contributed by atoms with Gasteiger partial charge in [0.15, 0.2) is 8.32 Å². The van der Waals surface area contributed by atoms with Crippen LogP contribution in [0.25, 0.3) is 0 Å². The third-order valence-corrected chi connectivity index (χ3v) is 9.71. The largest absolute Gasteiger partial charge is 0.410 e. The molecule has 0 bridgehead atoms. The number of hydrogen-bond donors (Lipinski definition) is 0. The van der Waals surface area contributed by atoms with Gasteiger partial charge in [-0.3, -0.25) is 0 Å². The minimum Gasteiger partial charge on any atom is -0.410 e. The molecule has 2 heteroatoms. The first kappa shape index (κ1) is 14.1. The van der Waals surface area contributed by atoms with Crippen LogP contribution in [0.2, 0.25) is 18.1 Å². The molecular weight excluding hydrogens is 236 g/mol. The summed E-state index contributed by atoms with van der Waals surface area (Å²) in [6, 6.07) is 0. The van der Waals surface area contributed by atoms with Crippen LogP contribution in [-0.2, 0) is 4.43 Å². The zero-order valence-corrected chi connectivity index (χ0v) is 13.6. The van der Waals surface area contributed by atoms with E-state index in [9.17, 15) is 0 Å². The van der Waals surface area contributed by atoms with E-state index in [-0.39, 0.29) is 0 Å². The molecule has 0 heterocycles. The van der Waals surface area contributed by atoms with Gasteiger partial charge < -0.3 is 4.43 Å². The van der Waals surface area contributed by atoms with Crippen molar-refractivity contribution in [1.29, 1.82) is 0 Å². The zero-order valence-electron chi connectivity index (χ0n) is 12.6. The molecule has 2 aliphatic rings. The zero-order chi connectivity index (χ0) is 13.6. The van der Waals surface area contributed by atoms with Gasteiger partial charge in [0, 0.05) is 0 Å². The van der Waals surface area contributed by atoms with E-state index >= 15 is 0 Å². The van der Waals surface area contributed by atoms with E-state index in [4.69, 9.17) is 4.43 Å². The highest BCUT2D eigenvalue weighted by Crippen LogP contribution is 2.47. The molecule has 4 atom stereocenters. The van der Waals surface area contributed by atoms with Crippen molar-refractivity contribution < 1.29 is 4.43 Å². The number of allylic oxidation sites excluding steroid dienone is 2. The fourth-order valence-electron chi connectivity index (χ4n) is 2.98. The summed E-state index contributed by atoms with van der Waals surface area (Å²) in [6.07, 6.45) is 9.76. The van der Waals surface area contributed by atoms with Crippen molar-refractivity contribution in [3.05, 3.63) is 24.8 Å². The Morgan fingerprint density at radius 1 is 1.22 bits per heavy atom. The van der Waals surface area contributed by atoms with Crippen LogP contribution in [0.15, 0.2) is 24.8 Å². The van der Waals surface area contributed by atoms with Crippen molar-refractivity contribution in [2.24, 2.45) is 17.8 Å². The topological polar surface area (TPSA) is 9.23 Å². The van der Waals surface area contributed by atoms with Gasteiger partial charge in [0.2, 0.25) is 0 Å². The first-order chi connectivity index (χ1) is 8.24. The fourth-order valence-corrected chi connectivity index (χ4v) is 4.26. The van der Waals surface area contributed by atoms with Gasteiger partial charge in [-0.1, -0.05) is 39.0 Å². The highest BCUT2D eigenvalue weighted by molar-refractivity contribution is 6.74. The summed E-state index contributed by atoms with van der Waals surface area (Å²) in [6.45, 7) is 15.6. The molecule has 1 fully saturated rings. The van der Waals surface area contributed by atoms with Gasteiger partial charge >= 0.3 is 0 Å². The second kappa shape index (κ2) is 4.64. The van der Waals surface area contributed by atoms with Crippen LogP contribution < -0.4 is 0 Å². The minimum atomic E-state index is -1.64. The van der Waals surface area contributed by atoms with E-state index in [1.54, 1.807) is 0 Å². The lowest BCUT2D eigenvalue weighted by atomic mass is 9.98. The van der Waals surface area contributed by atoms with Crippen LogP contribution in [0.3, 0.4) is 0 Å². The predicted molar refractivity (Wildman–Crippen MR) is 81.1 cm³/mol. The van der Waals surface area contributed by atoms with Crippen molar-refractivity contribution in [2.45, 2.75) is 57.8 Å². The standard InChI is InChI=1S/C16H28OSi/c1-7-12-10-13-8-9-15(14(13)11-12)17-18(5,6)16(2,3)4/h7-9,12-15H,1,10-11H2,2-6H3/t12-,13+,14-,15-/m0/s1. The van der Waals surface area contributed by atoms with Crippen LogP contribution in [0.4, 0.5) is 0 Å². The molecule has 0 radical (unpaired) electrons. The second-order valence-corrected chi connectivity index (χ2v) is 12.3. The number of rotatable bonds is 3. The summed E-state index contributed by atoms with van der Waals surface area (Å²) in [4.78, 5) is 0. The molecule has 1 saturated carbocycles. The average molecular weight is 264 g/mol. The molecule has 0 aliphatic heterocycles. The van der Waals surface area contributed by atoms with Crippen LogP contribution >= 0.6 is 0 Å². The Hall–Kier alpha value is -0.343. The molecule has 0 unspecified atom stereocenters. The van der Waals surface area contributed by atoms with Crippen LogP contribution in [0, 0.1) is 17.8 Å². The van der Waals surface area contributed by atoms with Gasteiger partial charge in [0.05, 0.1) is 6.10 Å².